The van der Waals surface area contributed by atoms with Crippen LogP contribution in [-0.2, 0) is 0 Å². The topological polar surface area (TPSA) is 92.1 Å². The van der Waals surface area contributed by atoms with Gasteiger partial charge in [-0.3, -0.25) is 5.32 Å². The van der Waals surface area contributed by atoms with Crippen molar-refractivity contribution in [2.45, 2.75) is 38.8 Å². The molecule has 2 aromatic rings. The van der Waals surface area contributed by atoms with E-state index < -0.39 is 6.10 Å². The van der Waals surface area contributed by atoms with E-state index in [9.17, 15) is 9.90 Å². The van der Waals surface area contributed by atoms with Gasteiger partial charge in [-0.1, -0.05) is 6.07 Å². The van der Waals surface area contributed by atoms with E-state index in [0.717, 1.165) is 5.56 Å². The van der Waals surface area contributed by atoms with Crippen LogP contribution in [-0.4, -0.2) is 31.9 Å². The van der Waals surface area contributed by atoms with Gasteiger partial charge in [-0.25, -0.2) is 14.5 Å². The molecule has 2 atom stereocenters. The van der Waals surface area contributed by atoms with E-state index in [0.29, 0.717) is 17.6 Å². The van der Waals surface area contributed by atoms with Gasteiger partial charge in [-0.2, -0.15) is 0 Å². The molecular weight excluding hydrogens is 294 g/mol. The monoisotopic (exact) mass is 315 g/mol. The summed E-state index contributed by atoms with van der Waals surface area (Å²) in [7, 11) is 0. The van der Waals surface area contributed by atoms with Crippen LogP contribution in [0.15, 0.2) is 30.6 Å². The first-order valence-electron chi connectivity index (χ1n) is 7.80. The molecular formula is C16H21N5O2. The number of pyridine rings is 1. The largest absolute Gasteiger partial charge is 0.389 e. The Hall–Kier alpha value is -2.41. The zero-order chi connectivity index (χ0) is 16.4. The number of aromatic nitrogens is 3. The number of aliphatic hydroxyl groups excluding tert-OH is 1. The minimum Gasteiger partial charge on any atom is -0.389 e. The first kappa shape index (κ1) is 15.5. The molecule has 1 unspecified atom stereocenters. The lowest BCUT2D eigenvalue weighted by atomic mass is 10.2. The van der Waals surface area contributed by atoms with E-state index >= 15 is 0 Å². The van der Waals surface area contributed by atoms with Crippen LogP contribution in [0.4, 0.5) is 10.6 Å². The number of aliphatic hydroxyl groups is 1. The van der Waals surface area contributed by atoms with E-state index in [2.05, 4.69) is 20.7 Å². The van der Waals surface area contributed by atoms with Gasteiger partial charge in [0.05, 0.1) is 6.10 Å². The smallest absolute Gasteiger partial charge is 0.320 e. The van der Waals surface area contributed by atoms with Crippen LogP contribution in [0.25, 0.3) is 5.82 Å². The van der Waals surface area contributed by atoms with Gasteiger partial charge in [-0.15, -0.1) is 5.10 Å². The summed E-state index contributed by atoms with van der Waals surface area (Å²) < 4.78 is 1.58. The van der Waals surface area contributed by atoms with Crippen molar-refractivity contribution in [3.05, 3.63) is 36.2 Å². The van der Waals surface area contributed by atoms with E-state index in [4.69, 9.17) is 0 Å². The van der Waals surface area contributed by atoms with Crippen molar-refractivity contribution in [1.82, 2.24) is 20.1 Å². The first-order valence-corrected chi connectivity index (χ1v) is 7.80. The van der Waals surface area contributed by atoms with Crippen molar-refractivity contribution in [3.63, 3.8) is 0 Å². The number of urea groups is 1. The van der Waals surface area contributed by atoms with E-state index in [-0.39, 0.29) is 12.1 Å². The normalized spacial score (nSPS) is 16.7. The Kier molecular flexibility index (Phi) is 4.29. The maximum Gasteiger partial charge on any atom is 0.320 e. The fourth-order valence-electron chi connectivity index (χ4n) is 2.37. The fourth-order valence-corrected chi connectivity index (χ4v) is 2.37. The summed E-state index contributed by atoms with van der Waals surface area (Å²) in [4.78, 5) is 16.2. The molecule has 2 amide bonds. The fraction of sp³-hybridized carbons (Fsp3) is 0.438. The van der Waals surface area contributed by atoms with Crippen LogP contribution in [0.2, 0.25) is 0 Å². The summed E-state index contributed by atoms with van der Waals surface area (Å²) in [5.74, 6) is 1.69. The minimum atomic E-state index is -0.552. The number of hydrogen-bond donors (Lipinski definition) is 3. The Balaban J connectivity index is 1.61. The molecule has 122 valence electrons. The van der Waals surface area contributed by atoms with Crippen molar-refractivity contribution in [2.24, 2.45) is 5.92 Å². The SMILES string of the molecule is CC(O)c1ccc(-n2ccc(NC(=O)N[C@@H](C)C3CC3)n2)nc1. The van der Waals surface area contributed by atoms with Crippen LogP contribution in [0.5, 0.6) is 0 Å². The number of hydrogen-bond acceptors (Lipinski definition) is 4. The second-order valence-corrected chi connectivity index (χ2v) is 6.00. The van der Waals surface area contributed by atoms with Gasteiger partial charge in [0.15, 0.2) is 11.6 Å². The van der Waals surface area contributed by atoms with E-state index in [1.807, 2.05) is 6.92 Å². The maximum absolute atomic E-state index is 11.9. The second kappa shape index (κ2) is 6.37. The van der Waals surface area contributed by atoms with Gasteiger partial charge >= 0.3 is 6.03 Å². The lowest BCUT2D eigenvalue weighted by Crippen LogP contribution is -2.37. The average molecular weight is 315 g/mol. The molecule has 0 radical (unpaired) electrons. The summed E-state index contributed by atoms with van der Waals surface area (Å²) in [5.41, 5.74) is 0.743. The van der Waals surface area contributed by atoms with E-state index in [1.165, 1.54) is 12.8 Å². The molecule has 1 saturated carbocycles. The third-order valence-electron chi connectivity index (χ3n) is 4.01. The molecule has 0 aliphatic heterocycles. The highest BCUT2D eigenvalue weighted by molar-refractivity contribution is 5.88. The molecule has 0 bridgehead atoms. The molecule has 0 spiro atoms. The molecule has 1 aliphatic rings. The molecule has 7 nitrogen and oxygen atoms in total. The lowest BCUT2D eigenvalue weighted by molar-refractivity contribution is 0.199. The molecule has 0 saturated heterocycles. The molecule has 23 heavy (non-hydrogen) atoms. The standard InChI is InChI=1S/C16H21N5O2/c1-10(12-3-4-12)18-16(23)19-14-7-8-21(20-14)15-6-5-13(9-17-15)11(2)22/h5-12,22H,3-4H2,1-2H3,(H2,18,19,20,23)/t10-,11?/m0/s1. The minimum absolute atomic E-state index is 0.187. The van der Waals surface area contributed by atoms with Crippen LogP contribution in [0.3, 0.4) is 0 Å². The quantitative estimate of drug-likeness (QED) is 0.789. The zero-order valence-electron chi connectivity index (χ0n) is 13.2. The van der Waals surface area contributed by atoms with Crippen molar-refractivity contribution in [1.29, 1.82) is 0 Å². The Morgan fingerprint density at radius 3 is 2.74 bits per heavy atom. The Labute approximate surface area is 134 Å². The van der Waals surface area contributed by atoms with Crippen molar-refractivity contribution < 1.29 is 9.90 Å². The summed E-state index contributed by atoms with van der Waals surface area (Å²) in [6.45, 7) is 3.71. The summed E-state index contributed by atoms with van der Waals surface area (Å²) in [6.07, 6.45) is 5.15. The predicted molar refractivity (Wildman–Crippen MR) is 86.3 cm³/mol. The molecule has 0 aromatic carbocycles. The van der Waals surface area contributed by atoms with Crippen LogP contribution >= 0.6 is 0 Å². The third-order valence-corrected chi connectivity index (χ3v) is 4.01. The van der Waals surface area contributed by atoms with Gasteiger partial charge in [-0.05, 0) is 44.2 Å². The zero-order valence-corrected chi connectivity index (χ0v) is 13.2. The molecule has 3 N–H and O–H groups in total. The molecule has 3 rings (SSSR count). The highest BCUT2D eigenvalue weighted by Gasteiger charge is 2.28. The van der Waals surface area contributed by atoms with Gasteiger partial charge < -0.3 is 10.4 Å². The van der Waals surface area contributed by atoms with Gasteiger partial charge in [0.1, 0.15) is 0 Å². The highest BCUT2D eigenvalue weighted by atomic mass is 16.3. The third kappa shape index (κ3) is 3.87. The summed E-state index contributed by atoms with van der Waals surface area (Å²) >= 11 is 0. The molecule has 1 aliphatic carbocycles. The Bertz CT molecular complexity index is 676. The number of carbonyl (C=O) groups excluding carboxylic acids is 1. The Morgan fingerprint density at radius 1 is 1.35 bits per heavy atom. The van der Waals surface area contributed by atoms with Crippen molar-refractivity contribution in [2.75, 3.05) is 5.32 Å². The van der Waals surface area contributed by atoms with Crippen molar-refractivity contribution in [3.8, 4) is 5.82 Å². The van der Waals surface area contributed by atoms with E-state index in [1.54, 1.807) is 42.2 Å². The number of rotatable bonds is 5. The highest BCUT2D eigenvalue weighted by Crippen LogP contribution is 2.32. The average Bonchev–Trinajstić information content (AvgIpc) is 3.28. The van der Waals surface area contributed by atoms with Gasteiger partial charge in [0.25, 0.3) is 0 Å². The number of nitrogens with zero attached hydrogens (tertiary/aromatic N) is 3. The number of amides is 2. The molecule has 7 heteroatoms. The molecule has 2 heterocycles. The second-order valence-electron chi connectivity index (χ2n) is 6.00. The first-order chi connectivity index (χ1) is 11.0. The number of anilines is 1. The number of nitrogens with one attached hydrogen (secondary N) is 2. The molecule has 1 fully saturated rings. The van der Waals surface area contributed by atoms with Crippen LogP contribution in [0, 0.1) is 5.92 Å². The number of carbonyl (C=O) groups is 1. The lowest BCUT2D eigenvalue weighted by Gasteiger charge is -2.12. The Morgan fingerprint density at radius 2 is 2.13 bits per heavy atom. The van der Waals surface area contributed by atoms with Crippen LogP contribution in [0.1, 0.15) is 38.4 Å². The van der Waals surface area contributed by atoms with Gasteiger partial charge in [0, 0.05) is 24.5 Å². The maximum atomic E-state index is 11.9. The van der Waals surface area contributed by atoms with Gasteiger partial charge in [0.2, 0.25) is 0 Å². The summed E-state index contributed by atoms with van der Waals surface area (Å²) in [6, 6.07) is 5.23. The van der Waals surface area contributed by atoms with Crippen molar-refractivity contribution >= 4 is 11.8 Å². The summed E-state index contributed by atoms with van der Waals surface area (Å²) in [5, 5.41) is 19.4. The molecule has 2 aromatic heterocycles. The predicted octanol–water partition coefficient (Wildman–Crippen LogP) is 2.24. The van der Waals surface area contributed by atoms with Crippen LogP contribution < -0.4 is 10.6 Å².